The lowest BCUT2D eigenvalue weighted by atomic mass is 10.0. The third-order valence-electron chi connectivity index (χ3n) is 6.18. The fraction of sp³-hybridized carbons (Fsp3) is 0.759. The summed E-state index contributed by atoms with van der Waals surface area (Å²) in [5, 5.41) is 2.92. The standard InChI is InChI=1S/C29H52INO9P2/c1-6-9-20-35-41(33,36-21-10-7-2)39-28-23-26(24-31-29(32)17-15-13-12-14-16-25(4)5)18-19-27(28)38-42(34,40-30)37-22-11-8-3/h18-19,23,25H,6-17,20-22,24H2,1-5H3,(H,31,32). The molecule has 1 atom stereocenters. The number of unbranched alkanes of at least 4 members (excludes halogenated alkanes) is 6. The van der Waals surface area contributed by atoms with Crippen LogP contribution in [0.2, 0.25) is 0 Å². The predicted octanol–water partition coefficient (Wildman–Crippen LogP) is 10.1. The zero-order valence-electron chi connectivity index (χ0n) is 26.1. The second-order valence-corrected chi connectivity index (χ2v) is 14.9. The number of carbonyl (C=O) groups excluding carboxylic acids is 1. The molecule has 1 unspecified atom stereocenters. The minimum Gasteiger partial charge on any atom is -0.400 e. The lowest BCUT2D eigenvalue weighted by molar-refractivity contribution is -0.121. The van der Waals surface area contributed by atoms with E-state index >= 15 is 0 Å². The van der Waals surface area contributed by atoms with E-state index in [1.54, 1.807) is 12.1 Å². The molecule has 42 heavy (non-hydrogen) atoms. The summed E-state index contributed by atoms with van der Waals surface area (Å²) in [5.41, 5.74) is 0.661. The molecule has 0 aliphatic rings. The first-order valence-corrected chi connectivity index (χ1v) is 19.1. The van der Waals surface area contributed by atoms with E-state index in [2.05, 4.69) is 19.2 Å². The average molecular weight is 748 g/mol. The van der Waals surface area contributed by atoms with Gasteiger partial charge in [-0.1, -0.05) is 85.6 Å². The van der Waals surface area contributed by atoms with Crippen molar-refractivity contribution in [2.75, 3.05) is 19.8 Å². The zero-order valence-corrected chi connectivity index (χ0v) is 30.0. The fourth-order valence-electron chi connectivity index (χ4n) is 3.64. The van der Waals surface area contributed by atoms with Gasteiger partial charge in [-0.25, -0.2) is 12.0 Å². The van der Waals surface area contributed by atoms with Gasteiger partial charge < -0.3 is 14.4 Å². The first-order valence-electron chi connectivity index (χ1n) is 15.3. The average Bonchev–Trinajstić information content (AvgIpc) is 2.95. The van der Waals surface area contributed by atoms with Gasteiger partial charge in [0.25, 0.3) is 0 Å². The largest absolute Gasteiger partial charge is 0.539 e. The fourth-order valence-corrected chi connectivity index (χ4v) is 6.36. The van der Waals surface area contributed by atoms with Crippen LogP contribution in [0.25, 0.3) is 0 Å². The van der Waals surface area contributed by atoms with Crippen molar-refractivity contribution in [2.24, 2.45) is 5.92 Å². The summed E-state index contributed by atoms with van der Waals surface area (Å²) in [7, 11) is -8.06. The summed E-state index contributed by atoms with van der Waals surface area (Å²) in [6, 6.07) is 4.77. The smallest absolute Gasteiger partial charge is 0.400 e. The van der Waals surface area contributed by atoms with Crippen LogP contribution in [0.4, 0.5) is 0 Å². The van der Waals surface area contributed by atoms with Gasteiger partial charge in [0.2, 0.25) is 5.91 Å². The SMILES string of the molecule is CCCCOP(=O)(OI)Oc1ccc(CNC(=O)CCCCCCC(C)C)cc1OP(=O)(OCCCC)OCCCC. The molecule has 1 aromatic carbocycles. The van der Waals surface area contributed by atoms with Gasteiger partial charge >= 0.3 is 15.6 Å². The Morgan fingerprint density at radius 1 is 0.786 bits per heavy atom. The molecule has 10 nitrogen and oxygen atoms in total. The summed E-state index contributed by atoms with van der Waals surface area (Å²) in [6.07, 6.45) is 10.3. The highest BCUT2D eigenvalue weighted by Gasteiger charge is 2.34. The molecule has 1 amide bonds. The number of halogens is 1. The van der Waals surface area contributed by atoms with Crippen LogP contribution < -0.4 is 14.4 Å². The van der Waals surface area contributed by atoms with Crippen molar-refractivity contribution in [2.45, 2.75) is 118 Å². The van der Waals surface area contributed by atoms with E-state index in [4.69, 9.17) is 25.5 Å². The second kappa shape index (κ2) is 22.8. The number of nitrogens with one attached hydrogen (secondary N) is 1. The van der Waals surface area contributed by atoms with Crippen molar-refractivity contribution < 1.29 is 39.4 Å². The van der Waals surface area contributed by atoms with Gasteiger partial charge in [0.15, 0.2) is 11.5 Å². The molecule has 1 aromatic rings. The van der Waals surface area contributed by atoms with Gasteiger partial charge in [-0.2, -0.15) is 0 Å². The summed E-state index contributed by atoms with van der Waals surface area (Å²) < 4.78 is 59.9. The van der Waals surface area contributed by atoms with Crippen molar-refractivity contribution in [1.29, 1.82) is 0 Å². The van der Waals surface area contributed by atoms with Crippen molar-refractivity contribution in [3.05, 3.63) is 23.8 Å². The number of hydrogen-bond donors (Lipinski definition) is 1. The van der Waals surface area contributed by atoms with Gasteiger partial charge in [0.1, 0.15) is 23.0 Å². The Labute approximate surface area is 267 Å². The molecule has 0 aromatic heterocycles. The van der Waals surface area contributed by atoms with Crippen LogP contribution in [-0.4, -0.2) is 25.7 Å². The highest BCUT2D eigenvalue weighted by atomic mass is 127. The number of rotatable bonds is 26. The number of benzene rings is 1. The molecular weight excluding hydrogens is 695 g/mol. The van der Waals surface area contributed by atoms with E-state index in [0.29, 0.717) is 37.2 Å². The van der Waals surface area contributed by atoms with E-state index < -0.39 is 15.6 Å². The van der Waals surface area contributed by atoms with Crippen LogP contribution >= 0.6 is 38.7 Å². The van der Waals surface area contributed by atoms with E-state index in [1.165, 1.54) is 41.9 Å². The topological polar surface area (TPSA) is 119 Å². The molecule has 0 saturated carbocycles. The van der Waals surface area contributed by atoms with E-state index in [1.807, 2.05) is 20.8 Å². The van der Waals surface area contributed by atoms with Crippen LogP contribution in [0.1, 0.15) is 117 Å². The van der Waals surface area contributed by atoms with Crippen LogP contribution in [0.3, 0.4) is 0 Å². The molecule has 0 heterocycles. The Morgan fingerprint density at radius 3 is 1.88 bits per heavy atom. The Bertz CT molecular complexity index is 966. The van der Waals surface area contributed by atoms with Gasteiger partial charge in [-0.15, -0.1) is 0 Å². The molecule has 0 saturated heterocycles. The molecule has 1 N–H and O–H groups in total. The highest BCUT2D eigenvalue weighted by molar-refractivity contribution is 14.1. The van der Waals surface area contributed by atoms with Crippen LogP contribution in [0, 0.1) is 5.92 Å². The van der Waals surface area contributed by atoms with Crippen molar-refractivity contribution >= 4 is 44.6 Å². The Morgan fingerprint density at radius 2 is 1.33 bits per heavy atom. The highest BCUT2D eigenvalue weighted by Crippen LogP contribution is 2.57. The minimum absolute atomic E-state index is 0.0126. The van der Waals surface area contributed by atoms with E-state index in [-0.39, 0.29) is 43.8 Å². The molecule has 244 valence electrons. The first-order chi connectivity index (χ1) is 20.1. The van der Waals surface area contributed by atoms with E-state index in [9.17, 15) is 13.9 Å². The Hall–Kier alpha value is -0.680. The summed E-state index contributed by atoms with van der Waals surface area (Å²) in [4.78, 5) is 12.5. The van der Waals surface area contributed by atoms with Crippen molar-refractivity contribution in [1.82, 2.24) is 5.32 Å². The molecule has 0 fully saturated rings. The van der Waals surface area contributed by atoms with Gasteiger partial charge in [0, 0.05) is 13.0 Å². The van der Waals surface area contributed by atoms with E-state index in [0.717, 1.165) is 38.5 Å². The van der Waals surface area contributed by atoms with Crippen LogP contribution in [0.15, 0.2) is 18.2 Å². The monoisotopic (exact) mass is 747 g/mol. The predicted molar refractivity (Wildman–Crippen MR) is 175 cm³/mol. The maximum atomic E-state index is 13.6. The summed E-state index contributed by atoms with van der Waals surface area (Å²) >= 11 is 1.47. The molecule has 1 rings (SSSR count). The van der Waals surface area contributed by atoms with Crippen LogP contribution in [0.5, 0.6) is 11.5 Å². The van der Waals surface area contributed by atoms with Gasteiger partial charge in [-0.3, -0.25) is 18.4 Å². The quantitative estimate of drug-likeness (QED) is 0.0561. The molecule has 0 aliphatic heterocycles. The number of phosphoric ester groups is 2. The van der Waals surface area contributed by atoms with Gasteiger partial charge in [0.05, 0.1) is 19.8 Å². The lowest BCUT2D eigenvalue weighted by Crippen LogP contribution is -2.22. The molecular formula is C29H52INO9P2. The second-order valence-electron chi connectivity index (χ2n) is 10.6. The number of phosphoric acid groups is 2. The molecule has 0 spiro atoms. The van der Waals surface area contributed by atoms with Crippen molar-refractivity contribution in [3.8, 4) is 11.5 Å². The van der Waals surface area contributed by atoms with Gasteiger partial charge in [-0.05, 0) is 49.3 Å². The molecule has 0 aliphatic carbocycles. The third-order valence-corrected chi connectivity index (χ3v) is 10.1. The molecule has 0 radical (unpaired) electrons. The third kappa shape index (κ3) is 17.6. The summed E-state index contributed by atoms with van der Waals surface area (Å²) in [6.45, 7) is 11.1. The zero-order chi connectivity index (χ0) is 31.3. The normalized spacial score (nSPS) is 13.2. The molecule has 0 bridgehead atoms. The maximum absolute atomic E-state index is 13.6. The number of amides is 1. The Balaban J connectivity index is 3.07. The van der Waals surface area contributed by atoms with Crippen LogP contribution in [-0.2, 0) is 36.9 Å². The number of carbonyl (C=O) groups is 1. The first kappa shape index (κ1) is 39.3. The number of hydrogen-bond acceptors (Lipinski definition) is 9. The summed E-state index contributed by atoms with van der Waals surface area (Å²) in [5.74, 6) is 0.621. The van der Waals surface area contributed by atoms with Crippen molar-refractivity contribution in [3.63, 3.8) is 0 Å². The maximum Gasteiger partial charge on any atom is 0.539 e. The molecule has 13 heteroatoms. The minimum atomic E-state index is -4.06. The Kier molecular flexibility index (Phi) is 21.3. The lowest BCUT2D eigenvalue weighted by Gasteiger charge is -2.22.